The predicted molar refractivity (Wildman–Crippen MR) is 145 cm³/mol. The molecule has 2 aliphatic rings. The molecule has 2 saturated heterocycles. The van der Waals surface area contributed by atoms with Gasteiger partial charge in [-0.1, -0.05) is 24.3 Å². The molecular weight excluding hydrogens is 479 g/mol. The Morgan fingerprint density at radius 1 is 0.921 bits per heavy atom. The maximum Gasteiger partial charge on any atom is 0.253 e. The van der Waals surface area contributed by atoms with E-state index in [1.165, 1.54) is 30.7 Å². The number of carbonyl (C=O) groups excluding carboxylic acids is 1. The molecule has 38 heavy (non-hydrogen) atoms. The summed E-state index contributed by atoms with van der Waals surface area (Å²) in [6.45, 7) is 6.07. The first kappa shape index (κ1) is 25.9. The molecule has 0 radical (unpaired) electrons. The Hall–Kier alpha value is -3.73. The Labute approximate surface area is 223 Å². The Kier molecular flexibility index (Phi) is 8.32. The lowest BCUT2D eigenvalue weighted by molar-refractivity contribution is 0.00344. The molecule has 0 aliphatic carbocycles. The largest absolute Gasteiger partial charge is 0.372 e. The van der Waals surface area contributed by atoms with E-state index in [0.29, 0.717) is 30.8 Å². The molecule has 0 spiro atoms. The molecule has 2 heterocycles. The molecule has 0 bridgehead atoms. The molecule has 196 valence electrons. The zero-order valence-corrected chi connectivity index (χ0v) is 21.6. The summed E-state index contributed by atoms with van der Waals surface area (Å²) in [5.41, 5.74) is 4.56. The first-order valence-electron chi connectivity index (χ1n) is 13.3. The van der Waals surface area contributed by atoms with E-state index in [-0.39, 0.29) is 17.8 Å². The van der Waals surface area contributed by atoms with Crippen LogP contribution in [0.25, 0.3) is 0 Å². The van der Waals surface area contributed by atoms with E-state index in [0.717, 1.165) is 43.9 Å². The minimum absolute atomic E-state index is 0.0587. The molecule has 2 aliphatic heterocycles. The van der Waals surface area contributed by atoms with E-state index in [9.17, 15) is 9.18 Å². The SMILES string of the molecule is N#Cc1ccc(CO[C@H](CN2CCN(C(=O)c3ccc(F)cc3)CC2)c2cccc(N3CCCC3)c2)cc1. The number of rotatable bonds is 8. The number of carbonyl (C=O) groups is 1. The van der Waals surface area contributed by atoms with Gasteiger partial charge in [0.25, 0.3) is 5.91 Å². The topological polar surface area (TPSA) is 59.8 Å². The number of nitriles is 1. The summed E-state index contributed by atoms with van der Waals surface area (Å²) in [6, 6.07) is 24.1. The fraction of sp³-hybridized carbons (Fsp3) is 0.355. The second kappa shape index (κ2) is 12.2. The quantitative estimate of drug-likeness (QED) is 0.425. The molecule has 0 saturated carbocycles. The van der Waals surface area contributed by atoms with Crippen molar-refractivity contribution in [3.05, 3.63) is 101 Å². The molecule has 3 aromatic carbocycles. The minimum atomic E-state index is -0.341. The number of halogens is 1. The van der Waals surface area contributed by atoms with Gasteiger partial charge in [0.2, 0.25) is 0 Å². The van der Waals surface area contributed by atoms with Crippen molar-refractivity contribution < 1.29 is 13.9 Å². The minimum Gasteiger partial charge on any atom is -0.372 e. The molecule has 0 N–H and O–H groups in total. The van der Waals surface area contributed by atoms with Gasteiger partial charge < -0.3 is 14.5 Å². The summed E-state index contributed by atoms with van der Waals surface area (Å²) in [4.78, 5) is 19.5. The molecular formula is C31H33FN4O2. The lowest BCUT2D eigenvalue weighted by atomic mass is 10.1. The number of amides is 1. The number of piperazine rings is 1. The van der Waals surface area contributed by atoms with Gasteiger partial charge in [-0.15, -0.1) is 0 Å². The highest BCUT2D eigenvalue weighted by molar-refractivity contribution is 5.94. The third-order valence-corrected chi connectivity index (χ3v) is 7.42. The van der Waals surface area contributed by atoms with Crippen molar-refractivity contribution in [1.29, 1.82) is 5.26 Å². The van der Waals surface area contributed by atoms with Gasteiger partial charge in [0.1, 0.15) is 5.82 Å². The van der Waals surface area contributed by atoms with Crippen molar-refractivity contribution in [3.8, 4) is 6.07 Å². The van der Waals surface area contributed by atoms with Gasteiger partial charge in [-0.05, 0) is 72.5 Å². The van der Waals surface area contributed by atoms with Crippen LogP contribution in [0.3, 0.4) is 0 Å². The third-order valence-electron chi connectivity index (χ3n) is 7.42. The first-order valence-corrected chi connectivity index (χ1v) is 13.3. The Morgan fingerprint density at radius 2 is 1.63 bits per heavy atom. The number of nitrogens with zero attached hydrogens (tertiary/aromatic N) is 4. The molecule has 2 fully saturated rings. The molecule has 5 rings (SSSR count). The van der Waals surface area contributed by atoms with Crippen LogP contribution in [-0.4, -0.2) is 61.5 Å². The number of hydrogen-bond acceptors (Lipinski definition) is 5. The van der Waals surface area contributed by atoms with Crippen molar-refractivity contribution in [2.24, 2.45) is 0 Å². The monoisotopic (exact) mass is 512 g/mol. The van der Waals surface area contributed by atoms with Gasteiger partial charge in [0.05, 0.1) is 24.3 Å². The molecule has 1 amide bonds. The maximum atomic E-state index is 13.3. The molecule has 6 nitrogen and oxygen atoms in total. The fourth-order valence-electron chi connectivity index (χ4n) is 5.17. The van der Waals surface area contributed by atoms with Crippen LogP contribution in [0.1, 0.15) is 46.0 Å². The zero-order valence-electron chi connectivity index (χ0n) is 21.6. The molecule has 3 aromatic rings. The van der Waals surface area contributed by atoms with E-state index in [2.05, 4.69) is 40.1 Å². The van der Waals surface area contributed by atoms with Crippen LogP contribution in [0.15, 0.2) is 72.8 Å². The molecule has 0 unspecified atom stereocenters. The van der Waals surface area contributed by atoms with Crippen molar-refractivity contribution in [2.75, 3.05) is 50.7 Å². The summed E-state index contributed by atoms with van der Waals surface area (Å²) >= 11 is 0. The average Bonchev–Trinajstić information content (AvgIpc) is 3.51. The summed E-state index contributed by atoms with van der Waals surface area (Å²) in [6.07, 6.45) is 2.32. The summed E-state index contributed by atoms with van der Waals surface area (Å²) in [7, 11) is 0. The van der Waals surface area contributed by atoms with E-state index < -0.39 is 0 Å². The summed E-state index contributed by atoms with van der Waals surface area (Å²) < 4.78 is 19.8. The standard InChI is InChI=1S/C31H33FN4O2/c32-28-12-10-26(11-13-28)31(37)36-18-16-34(17-19-36)22-30(38-23-25-8-6-24(21-33)7-9-25)27-4-3-5-29(20-27)35-14-1-2-15-35/h3-13,20,30H,1-2,14-19,22-23H2/t30-/m1/s1. The van der Waals surface area contributed by atoms with Crippen LogP contribution in [0, 0.1) is 17.1 Å². The van der Waals surface area contributed by atoms with E-state index in [1.54, 1.807) is 12.1 Å². The van der Waals surface area contributed by atoms with Gasteiger partial charge in [-0.25, -0.2) is 4.39 Å². The summed E-state index contributed by atoms with van der Waals surface area (Å²) in [5, 5.41) is 9.09. The van der Waals surface area contributed by atoms with Crippen LogP contribution in [-0.2, 0) is 11.3 Å². The number of benzene rings is 3. The van der Waals surface area contributed by atoms with Gasteiger partial charge in [-0.3, -0.25) is 9.69 Å². The first-order chi connectivity index (χ1) is 18.6. The highest BCUT2D eigenvalue weighted by Gasteiger charge is 2.25. The highest BCUT2D eigenvalue weighted by atomic mass is 19.1. The van der Waals surface area contributed by atoms with Crippen molar-refractivity contribution in [2.45, 2.75) is 25.6 Å². The summed E-state index contributed by atoms with van der Waals surface area (Å²) in [5.74, 6) is -0.399. The lowest BCUT2D eigenvalue weighted by Crippen LogP contribution is -2.49. The smallest absolute Gasteiger partial charge is 0.253 e. The normalized spacial score (nSPS) is 16.8. The van der Waals surface area contributed by atoms with Crippen LogP contribution in [0.4, 0.5) is 10.1 Å². The van der Waals surface area contributed by atoms with Gasteiger partial charge >= 0.3 is 0 Å². The average molecular weight is 513 g/mol. The Balaban J connectivity index is 1.26. The molecule has 0 aromatic heterocycles. The van der Waals surface area contributed by atoms with Crippen LogP contribution in [0.2, 0.25) is 0 Å². The van der Waals surface area contributed by atoms with E-state index in [1.807, 2.05) is 29.2 Å². The number of ether oxygens (including phenoxy) is 1. The van der Waals surface area contributed by atoms with Crippen molar-refractivity contribution in [1.82, 2.24) is 9.80 Å². The third kappa shape index (κ3) is 6.39. The highest BCUT2D eigenvalue weighted by Crippen LogP contribution is 2.28. The van der Waals surface area contributed by atoms with Crippen molar-refractivity contribution >= 4 is 11.6 Å². The lowest BCUT2D eigenvalue weighted by Gasteiger charge is -2.36. The fourth-order valence-corrected chi connectivity index (χ4v) is 5.17. The van der Waals surface area contributed by atoms with Crippen LogP contribution in [0.5, 0.6) is 0 Å². The Bertz CT molecular complexity index is 1260. The predicted octanol–water partition coefficient (Wildman–Crippen LogP) is 5.01. The molecule has 1 atom stereocenters. The number of anilines is 1. The van der Waals surface area contributed by atoms with E-state index >= 15 is 0 Å². The second-order valence-electron chi connectivity index (χ2n) is 10.00. The van der Waals surface area contributed by atoms with Crippen LogP contribution >= 0.6 is 0 Å². The van der Waals surface area contributed by atoms with Gasteiger partial charge in [0, 0.05) is 57.1 Å². The number of hydrogen-bond donors (Lipinski definition) is 0. The zero-order chi connectivity index (χ0) is 26.3. The second-order valence-corrected chi connectivity index (χ2v) is 10.00. The van der Waals surface area contributed by atoms with E-state index in [4.69, 9.17) is 10.00 Å². The maximum absolute atomic E-state index is 13.3. The molecule has 7 heteroatoms. The van der Waals surface area contributed by atoms with Crippen molar-refractivity contribution in [3.63, 3.8) is 0 Å². The van der Waals surface area contributed by atoms with Gasteiger partial charge in [-0.2, -0.15) is 5.26 Å². The van der Waals surface area contributed by atoms with Gasteiger partial charge in [0.15, 0.2) is 0 Å². The Morgan fingerprint density at radius 3 is 2.32 bits per heavy atom. The van der Waals surface area contributed by atoms with Crippen LogP contribution < -0.4 is 4.90 Å².